The number of amides is 2. The Labute approximate surface area is 110 Å². The molecule has 1 fully saturated rings. The van der Waals surface area contributed by atoms with Crippen LogP contribution >= 0.6 is 0 Å². The number of carbonyl (C=O) groups is 3. The van der Waals surface area contributed by atoms with Crippen molar-refractivity contribution in [3.63, 3.8) is 0 Å². The third kappa shape index (κ3) is 2.65. The van der Waals surface area contributed by atoms with Gasteiger partial charge in [-0.25, -0.2) is 9.69 Å². The zero-order valence-electron chi connectivity index (χ0n) is 10.7. The lowest BCUT2D eigenvalue weighted by molar-refractivity contribution is -0.125. The standard InChI is InChI=1S/C14H15NO4/c1-9-6-7-11(10(8-9)14(18)19)15-12(16)4-2-3-5-13(15)17/h6-8H,2-5H2,1H3,(H,18,19). The normalized spacial score (nSPS) is 16.4. The molecule has 19 heavy (non-hydrogen) atoms. The molecule has 5 nitrogen and oxygen atoms in total. The molecule has 0 spiro atoms. The third-order valence-electron chi connectivity index (χ3n) is 3.15. The maximum Gasteiger partial charge on any atom is 0.337 e. The molecule has 1 aromatic rings. The fourth-order valence-electron chi connectivity index (χ4n) is 2.20. The van der Waals surface area contributed by atoms with Gasteiger partial charge in [0.05, 0.1) is 11.3 Å². The molecule has 0 radical (unpaired) electrons. The van der Waals surface area contributed by atoms with Crippen LogP contribution in [0, 0.1) is 6.92 Å². The first-order chi connectivity index (χ1) is 9.00. The summed E-state index contributed by atoms with van der Waals surface area (Å²) >= 11 is 0. The van der Waals surface area contributed by atoms with Crippen molar-refractivity contribution < 1.29 is 19.5 Å². The van der Waals surface area contributed by atoms with Gasteiger partial charge in [-0.1, -0.05) is 11.6 Å². The molecule has 0 aromatic heterocycles. The monoisotopic (exact) mass is 261 g/mol. The molecule has 0 atom stereocenters. The maximum atomic E-state index is 12.0. The van der Waals surface area contributed by atoms with Crippen LogP contribution in [0.15, 0.2) is 18.2 Å². The SMILES string of the molecule is Cc1ccc(N2C(=O)CCCCC2=O)c(C(=O)O)c1. The molecular formula is C14H15NO4. The fraction of sp³-hybridized carbons (Fsp3) is 0.357. The first kappa shape index (κ1) is 13.3. The zero-order chi connectivity index (χ0) is 14.0. The van der Waals surface area contributed by atoms with E-state index in [1.165, 1.54) is 12.1 Å². The number of nitrogens with zero attached hydrogens (tertiary/aromatic N) is 1. The average molecular weight is 261 g/mol. The van der Waals surface area contributed by atoms with Gasteiger partial charge in [-0.15, -0.1) is 0 Å². The van der Waals surface area contributed by atoms with Crippen LogP contribution in [-0.2, 0) is 9.59 Å². The molecule has 0 aliphatic carbocycles. The number of anilines is 1. The Morgan fingerprint density at radius 1 is 1.16 bits per heavy atom. The van der Waals surface area contributed by atoms with Crippen molar-refractivity contribution in [1.29, 1.82) is 0 Å². The maximum absolute atomic E-state index is 12.0. The molecule has 0 bridgehead atoms. The predicted octanol–water partition coefficient (Wildman–Crippen LogP) is 2.13. The molecule has 1 aliphatic heterocycles. The van der Waals surface area contributed by atoms with E-state index in [4.69, 9.17) is 0 Å². The number of hydrogen-bond acceptors (Lipinski definition) is 3. The van der Waals surface area contributed by atoms with E-state index in [9.17, 15) is 19.5 Å². The number of rotatable bonds is 2. The fourth-order valence-corrected chi connectivity index (χ4v) is 2.20. The number of aromatic carboxylic acids is 1. The summed E-state index contributed by atoms with van der Waals surface area (Å²) in [6, 6.07) is 4.70. The lowest BCUT2D eigenvalue weighted by Crippen LogP contribution is -2.36. The van der Waals surface area contributed by atoms with Crippen LogP contribution in [0.4, 0.5) is 5.69 Å². The molecule has 1 aromatic carbocycles. The lowest BCUT2D eigenvalue weighted by Gasteiger charge is -2.20. The minimum Gasteiger partial charge on any atom is -0.478 e. The number of carbonyl (C=O) groups excluding carboxylic acids is 2. The number of carboxylic acid groups (broad SMARTS) is 1. The molecule has 1 heterocycles. The van der Waals surface area contributed by atoms with Crippen molar-refractivity contribution in [2.24, 2.45) is 0 Å². The highest BCUT2D eigenvalue weighted by molar-refractivity contribution is 6.17. The van der Waals surface area contributed by atoms with Crippen LogP contribution in [-0.4, -0.2) is 22.9 Å². The zero-order valence-corrected chi connectivity index (χ0v) is 10.7. The topological polar surface area (TPSA) is 74.7 Å². The Balaban J connectivity index is 2.52. The van der Waals surface area contributed by atoms with Crippen molar-refractivity contribution in [2.75, 3.05) is 4.90 Å². The molecule has 5 heteroatoms. The highest BCUT2D eigenvalue weighted by Gasteiger charge is 2.28. The van der Waals surface area contributed by atoms with E-state index in [-0.39, 0.29) is 35.9 Å². The molecule has 2 amide bonds. The van der Waals surface area contributed by atoms with Crippen molar-refractivity contribution in [2.45, 2.75) is 32.6 Å². The van der Waals surface area contributed by atoms with Gasteiger partial charge in [0.25, 0.3) is 0 Å². The minimum atomic E-state index is -1.14. The van der Waals surface area contributed by atoms with Crippen LogP contribution in [0.3, 0.4) is 0 Å². The summed E-state index contributed by atoms with van der Waals surface area (Å²) in [6.45, 7) is 1.77. The molecular weight excluding hydrogens is 246 g/mol. The minimum absolute atomic E-state index is 0.0106. The van der Waals surface area contributed by atoms with Crippen molar-refractivity contribution in [3.8, 4) is 0 Å². The number of carboxylic acids is 1. The summed E-state index contributed by atoms with van der Waals surface area (Å²) in [5, 5.41) is 9.21. The number of benzene rings is 1. The Bertz CT molecular complexity index is 532. The Hall–Kier alpha value is -2.17. The first-order valence-corrected chi connectivity index (χ1v) is 6.20. The van der Waals surface area contributed by atoms with Crippen LogP contribution in [0.2, 0.25) is 0 Å². The highest BCUT2D eigenvalue weighted by Crippen LogP contribution is 2.26. The van der Waals surface area contributed by atoms with Crippen LogP contribution in [0.25, 0.3) is 0 Å². The predicted molar refractivity (Wildman–Crippen MR) is 69.1 cm³/mol. The van der Waals surface area contributed by atoms with Gasteiger partial charge in [-0.3, -0.25) is 9.59 Å². The average Bonchev–Trinajstić information content (AvgIpc) is 2.51. The number of aryl methyl sites for hydroxylation is 1. The van der Waals surface area contributed by atoms with Gasteiger partial charge in [0.1, 0.15) is 0 Å². The Morgan fingerprint density at radius 2 is 1.74 bits per heavy atom. The summed E-state index contributed by atoms with van der Waals surface area (Å²) in [4.78, 5) is 36.3. The molecule has 1 aliphatic rings. The Kier molecular flexibility index (Phi) is 3.64. The van der Waals surface area contributed by atoms with Gasteiger partial charge >= 0.3 is 5.97 Å². The number of imide groups is 1. The van der Waals surface area contributed by atoms with Gasteiger partial charge in [-0.05, 0) is 31.9 Å². The van der Waals surface area contributed by atoms with Gasteiger partial charge < -0.3 is 5.11 Å². The van der Waals surface area contributed by atoms with Gasteiger partial charge in [-0.2, -0.15) is 0 Å². The molecule has 100 valence electrons. The van der Waals surface area contributed by atoms with E-state index in [1.807, 2.05) is 0 Å². The molecule has 1 saturated heterocycles. The third-order valence-corrected chi connectivity index (χ3v) is 3.15. The molecule has 0 saturated carbocycles. The van der Waals surface area contributed by atoms with E-state index in [0.717, 1.165) is 10.5 Å². The quantitative estimate of drug-likeness (QED) is 0.827. The van der Waals surface area contributed by atoms with Crippen LogP contribution < -0.4 is 4.90 Å². The van der Waals surface area contributed by atoms with Gasteiger partial charge in [0, 0.05) is 12.8 Å². The van der Waals surface area contributed by atoms with E-state index < -0.39 is 5.97 Å². The first-order valence-electron chi connectivity index (χ1n) is 6.20. The van der Waals surface area contributed by atoms with Crippen LogP contribution in [0.1, 0.15) is 41.6 Å². The van der Waals surface area contributed by atoms with Crippen molar-refractivity contribution in [3.05, 3.63) is 29.3 Å². The van der Waals surface area contributed by atoms with Gasteiger partial charge in [0.2, 0.25) is 11.8 Å². The lowest BCUT2D eigenvalue weighted by atomic mass is 10.1. The Morgan fingerprint density at radius 3 is 2.26 bits per heavy atom. The van der Waals surface area contributed by atoms with E-state index in [0.29, 0.717) is 12.8 Å². The summed E-state index contributed by atoms with van der Waals surface area (Å²) in [5.74, 6) is -1.79. The molecule has 2 rings (SSSR count). The van der Waals surface area contributed by atoms with Crippen molar-refractivity contribution >= 4 is 23.5 Å². The molecule has 0 unspecified atom stereocenters. The summed E-state index contributed by atoms with van der Waals surface area (Å²) in [6.07, 6.45) is 1.88. The van der Waals surface area contributed by atoms with Gasteiger partial charge in [0.15, 0.2) is 0 Å². The van der Waals surface area contributed by atoms with E-state index in [2.05, 4.69) is 0 Å². The van der Waals surface area contributed by atoms with Crippen molar-refractivity contribution in [1.82, 2.24) is 0 Å². The summed E-state index contributed by atoms with van der Waals surface area (Å²) in [7, 11) is 0. The second-order valence-electron chi connectivity index (χ2n) is 4.66. The summed E-state index contributed by atoms with van der Waals surface area (Å²) < 4.78 is 0. The largest absolute Gasteiger partial charge is 0.478 e. The van der Waals surface area contributed by atoms with Crippen LogP contribution in [0.5, 0.6) is 0 Å². The van der Waals surface area contributed by atoms with E-state index in [1.54, 1.807) is 13.0 Å². The molecule has 1 N–H and O–H groups in total. The smallest absolute Gasteiger partial charge is 0.337 e. The number of hydrogen-bond donors (Lipinski definition) is 1. The summed E-state index contributed by atoms with van der Waals surface area (Å²) in [5.41, 5.74) is 0.939. The second-order valence-corrected chi connectivity index (χ2v) is 4.66. The van der Waals surface area contributed by atoms with E-state index >= 15 is 0 Å². The second kappa shape index (κ2) is 5.22. The highest BCUT2D eigenvalue weighted by atomic mass is 16.4.